The Morgan fingerprint density at radius 3 is 1.47 bits per heavy atom. The summed E-state index contributed by atoms with van der Waals surface area (Å²) in [6.45, 7) is 15.7. The molecule has 0 fully saturated rings. The average Bonchev–Trinajstić information content (AvgIpc) is 2.76. The van der Waals surface area contributed by atoms with Crippen molar-refractivity contribution in [2.24, 2.45) is 0 Å². The second-order valence-corrected chi connectivity index (χ2v) is 9.27. The molecule has 30 heavy (non-hydrogen) atoms. The first-order valence-corrected chi connectivity index (χ1v) is 13.2. The molecule has 0 aromatic heterocycles. The highest BCUT2D eigenvalue weighted by Crippen LogP contribution is 2.68. The van der Waals surface area contributed by atoms with Crippen molar-refractivity contribution in [1.82, 2.24) is 5.09 Å². The van der Waals surface area contributed by atoms with E-state index in [1.54, 1.807) is 0 Å². The van der Waals surface area contributed by atoms with E-state index in [0.29, 0.717) is 62.5 Å². The third-order valence-electron chi connectivity index (χ3n) is 3.87. The molecule has 1 N–H and O–H groups in total. The van der Waals surface area contributed by atoms with Gasteiger partial charge in [-0.25, -0.2) is 0 Å². The van der Waals surface area contributed by atoms with Gasteiger partial charge in [0.05, 0.1) is 39.6 Å². The van der Waals surface area contributed by atoms with Crippen molar-refractivity contribution in [3.05, 3.63) is 22.9 Å². The van der Waals surface area contributed by atoms with Gasteiger partial charge >= 0.3 is 13.4 Å². The maximum absolute atomic E-state index is 6.35. The minimum absolute atomic E-state index is 0.515. The smallest absolute Gasteiger partial charge is 0.450 e. The van der Waals surface area contributed by atoms with Crippen LogP contribution in [0.3, 0.4) is 0 Å². The van der Waals surface area contributed by atoms with Crippen molar-refractivity contribution in [3.8, 4) is 0 Å². The number of hydrogen-bond donors (Lipinski definition) is 1. The number of ether oxygens (including phenoxy) is 4. The fraction of sp³-hybridized carbons (Fsp3) is 0.818. The molecule has 0 aliphatic carbocycles. The first-order valence-electron chi connectivity index (χ1n) is 11.6. The van der Waals surface area contributed by atoms with E-state index in [0.717, 1.165) is 38.5 Å². The molecule has 0 bridgehead atoms. The Morgan fingerprint density at radius 1 is 0.533 bits per heavy atom. The Kier molecular flexibility index (Phi) is 14.0. The zero-order valence-corrected chi connectivity index (χ0v) is 20.8. The third-order valence-corrected chi connectivity index (χ3v) is 6.33. The Morgan fingerprint density at radius 2 is 0.967 bits per heavy atom. The predicted octanol–water partition coefficient (Wildman–Crippen LogP) is 6.25. The summed E-state index contributed by atoms with van der Waals surface area (Å²) in [5.74, 6) is 1.60. The first-order chi connectivity index (χ1) is 14.6. The second-order valence-electron chi connectivity index (χ2n) is 7.02. The van der Waals surface area contributed by atoms with Gasteiger partial charge < -0.3 is 18.9 Å². The van der Waals surface area contributed by atoms with Gasteiger partial charge in [0.2, 0.25) is 5.76 Å². The van der Waals surface area contributed by atoms with E-state index in [-0.39, 0.29) is 0 Å². The van der Waals surface area contributed by atoms with Gasteiger partial charge in [0.25, 0.3) is 11.6 Å². The van der Waals surface area contributed by atoms with Crippen molar-refractivity contribution in [2.75, 3.05) is 39.6 Å². The fourth-order valence-corrected chi connectivity index (χ4v) is 5.09. The lowest BCUT2D eigenvalue weighted by Crippen LogP contribution is -2.32. The number of hydrogen-bond acceptors (Lipinski definition) is 7. The molecule has 1 heterocycles. The van der Waals surface area contributed by atoms with Gasteiger partial charge in [-0.3, -0.25) is 0 Å². The molecule has 0 spiro atoms. The Balaban J connectivity index is 3.57. The van der Waals surface area contributed by atoms with Crippen LogP contribution in [0.1, 0.15) is 80.1 Å². The quantitative estimate of drug-likeness (QED) is 0.249. The molecular weight excluding hydrogens is 405 g/mol. The minimum atomic E-state index is -2.81. The molecule has 0 atom stereocenters. The van der Waals surface area contributed by atoms with Crippen LogP contribution in [0.15, 0.2) is 22.9 Å². The molecule has 0 unspecified atom stereocenters. The molecule has 0 aromatic carbocycles. The first kappa shape index (κ1) is 26.9. The minimum Gasteiger partial charge on any atom is -0.485 e. The summed E-state index contributed by atoms with van der Waals surface area (Å²) in [6, 6.07) is 0. The molecule has 0 saturated carbocycles. The second kappa shape index (κ2) is 15.6. The van der Waals surface area contributed by atoms with Crippen LogP contribution in [-0.4, -0.2) is 39.6 Å². The lowest BCUT2D eigenvalue weighted by atomic mass is 10.4. The molecule has 0 radical (unpaired) electrons. The monoisotopic (exact) mass is 448 g/mol. The summed E-state index contributed by atoms with van der Waals surface area (Å²) >= 11 is 0. The van der Waals surface area contributed by atoms with Gasteiger partial charge in [-0.2, -0.15) is 14.1 Å². The fourth-order valence-electron chi connectivity index (χ4n) is 2.55. The van der Waals surface area contributed by atoms with Gasteiger partial charge in [0, 0.05) is 0 Å². The highest BCUT2D eigenvalue weighted by molar-refractivity contribution is 7.68. The van der Waals surface area contributed by atoms with Crippen LogP contribution in [0.5, 0.6) is 0 Å². The van der Waals surface area contributed by atoms with Crippen molar-refractivity contribution in [3.63, 3.8) is 0 Å². The van der Waals surface area contributed by atoms with Crippen molar-refractivity contribution < 1.29 is 28.0 Å². The largest absolute Gasteiger partial charge is 0.485 e. The number of nitrogens with one attached hydrogen (secondary N) is 1. The molecule has 176 valence electrons. The summed E-state index contributed by atoms with van der Waals surface area (Å²) in [5, 5.41) is 3.43. The van der Waals surface area contributed by atoms with Crippen LogP contribution < -0.4 is 5.09 Å². The van der Waals surface area contributed by atoms with E-state index in [4.69, 9.17) is 28.0 Å². The molecule has 0 amide bonds. The van der Waals surface area contributed by atoms with Gasteiger partial charge in [-0.15, -0.1) is 0 Å². The van der Waals surface area contributed by atoms with E-state index >= 15 is 0 Å². The highest BCUT2D eigenvalue weighted by atomic mass is 31.2. The maximum Gasteiger partial charge on any atom is 0.450 e. The summed E-state index contributed by atoms with van der Waals surface area (Å²) < 4.78 is 37.3. The zero-order valence-electron chi connectivity index (χ0n) is 19.9. The third kappa shape index (κ3) is 7.82. The Labute approximate surface area is 184 Å². The van der Waals surface area contributed by atoms with Gasteiger partial charge in [0.1, 0.15) is 0 Å². The van der Waals surface area contributed by atoms with E-state index in [1.807, 2.05) is 0 Å². The SMILES string of the molecule is CCCOC1=C(OCCC)C(OCCC)=C(OCCC)[P+](OCCC)(OCCC)N1. The Bertz CT molecular complexity index is 530. The topological polar surface area (TPSA) is 67.4 Å². The van der Waals surface area contributed by atoms with Crippen molar-refractivity contribution >= 4 is 7.87 Å². The molecule has 7 nitrogen and oxygen atoms in total. The van der Waals surface area contributed by atoms with Gasteiger partial charge in [0.15, 0.2) is 0 Å². The molecular formula is C22H43NO6P+. The maximum atomic E-state index is 6.35. The molecule has 1 rings (SSSR count). The van der Waals surface area contributed by atoms with Crippen LogP contribution >= 0.6 is 7.87 Å². The van der Waals surface area contributed by atoms with Crippen LogP contribution in [-0.2, 0) is 28.0 Å². The summed E-state index contributed by atoms with van der Waals surface area (Å²) in [7, 11) is -2.81. The van der Waals surface area contributed by atoms with Gasteiger partial charge in [-0.05, 0) is 38.5 Å². The standard InChI is InChI=1S/C22H43NO6P/c1-7-13-24-19-20(25-14-8-2)22(27-16-10-4)30(28-17-11-5,29-18-12-6)23-21(19)26-15-9-3/h23H,7-18H2,1-6H3/q+1. The lowest BCUT2D eigenvalue weighted by molar-refractivity contribution is 0.0883. The van der Waals surface area contributed by atoms with Crippen LogP contribution in [0.4, 0.5) is 0 Å². The van der Waals surface area contributed by atoms with E-state index in [1.165, 1.54) is 0 Å². The molecule has 0 saturated heterocycles. The lowest BCUT2D eigenvalue weighted by Gasteiger charge is -2.32. The normalized spacial score (nSPS) is 15.8. The van der Waals surface area contributed by atoms with E-state index in [9.17, 15) is 0 Å². The summed E-state index contributed by atoms with van der Waals surface area (Å²) in [5.41, 5.74) is 0.578. The van der Waals surface area contributed by atoms with E-state index < -0.39 is 7.87 Å². The molecule has 8 heteroatoms. The van der Waals surface area contributed by atoms with E-state index in [2.05, 4.69) is 46.6 Å². The van der Waals surface area contributed by atoms with Crippen LogP contribution in [0.2, 0.25) is 0 Å². The van der Waals surface area contributed by atoms with Crippen molar-refractivity contribution in [2.45, 2.75) is 80.1 Å². The molecule has 1 aliphatic rings. The van der Waals surface area contributed by atoms with Crippen LogP contribution in [0, 0.1) is 0 Å². The van der Waals surface area contributed by atoms with Crippen molar-refractivity contribution in [1.29, 1.82) is 0 Å². The molecule has 0 aromatic rings. The zero-order chi connectivity index (χ0) is 22.2. The number of rotatable bonds is 18. The summed E-state index contributed by atoms with van der Waals surface area (Å²) in [4.78, 5) is 0. The van der Waals surface area contributed by atoms with Crippen LogP contribution in [0.25, 0.3) is 0 Å². The highest BCUT2D eigenvalue weighted by Gasteiger charge is 2.59. The average molecular weight is 449 g/mol. The summed E-state index contributed by atoms with van der Waals surface area (Å²) in [6.07, 6.45) is 5.19. The predicted molar refractivity (Wildman–Crippen MR) is 122 cm³/mol. The Hall–Kier alpha value is -1.17. The molecule has 1 aliphatic heterocycles. The van der Waals surface area contributed by atoms with Gasteiger partial charge in [-0.1, -0.05) is 41.5 Å².